The van der Waals surface area contributed by atoms with Gasteiger partial charge in [-0.25, -0.2) is 4.39 Å². The molecule has 0 aliphatic heterocycles. The Morgan fingerprint density at radius 1 is 1.47 bits per heavy atom. The summed E-state index contributed by atoms with van der Waals surface area (Å²) < 4.78 is 13.9. The van der Waals surface area contributed by atoms with E-state index in [1.165, 1.54) is 12.1 Å². The highest BCUT2D eigenvalue weighted by Crippen LogP contribution is 2.31. The van der Waals surface area contributed by atoms with Gasteiger partial charge in [-0.05, 0) is 30.4 Å². The summed E-state index contributed by atoms with van der Waals surface area (Å²) in [7, 11) is 0. The Kier molecular flexibility index (Phi) is 6.31. The number of aliphatic carboxylic acids is 1. The molecule has 3 nitrogen and oxygen atoms in total. The average Bonchev–Trinajstić information content (AvgIpc) is 2.40. The quantitative estimate of drug-likeness (QED) is 0.721. The van der Waals surface area contributed by atoms with Gasteiger partial charge in [0.1, 0.15) is 11.2 Å². The first-order valence-electron chi connectivity index (χ1n) is 6.34. The Morgan fingerprint density at radius 3 is 2.68 bits per heavy atom. The third kappa shape index (κ3) is 3.70. The maximum Gasteiger partial charge on any atom is 0.315 e. The first-order valence-corrected chi connectivity index (χ1v) is 7.50. The van der Waals surface area contributed by atoms with E-state index in [0.717, 1.165) is 11.5 Å². The van der Waals surface area contributed by atoms with Gasteiger partial charge in [-0.3, -0.25) is 4.79 Å². The van der Waals surface area contributed by atoms with E-state index in [-0.39, 0.29) is 12.1 Å². The maximum atomic E-state index is 13.9. The van der Waals surface area contributed by atoms with Crippen molar-refractivity contribution in [1.29, 1.82) is 0 Å². The summed E-state index contributed by atoms with van der Waals surface area (Å²) in [5.41, 5.74) is 4.54. The van der Waals surface area contributed by atoms with E-state index in [0.29, 0.717) is 12.8 Å². The van der Waals surface area contributed by atoms with Crippen molar-refractivity contribution in [2.75, 3.05) is 18.1 Å². The summed E-state index contributed by atoms with van der Waals surface area (Å²) in [6.45, 7) is 1.95. The van der Waals surface area contributed by atoms with E-state index < -0.39 is 17.2 Å². The van der Waals surface area contributed by atoms with Crippen LogP contribution in [-0.4, -0.2) is 29.1 Å². The lowest BCUT2D eigenvalue weighted by molar-refractivity contribution is -0.144. The third-order valence-corrected chi connectivity index (χ3v) is 4.23. The minimum absolute atomic E-state index is 0.0972. The number of nitrogens with two attached hydrogens (primary N) is 1. The summed E-state index contributed by atoms with van der Waals surface area (Å²) in [6.07, 6.45) is 1.06. The van der Waals surface area contributed by atoms with Crippen LogP contribution in [0, 0.1) is 5.82 Å². The van der Waals surface area contributed by atoms with Gasteiger partial charge >= 0.3 is 5.97 Å². The Balaban J connectivity index is 2.99. The van der Waals surface area contributed by atoms with Crippen molar-refractivity contribution in [3.8, 4) is 0 Å². The molecule has 1 atom stereocenters. The van der Waals surface area contributed by atoms with Crippen LogP contribution in [0.1, 0.15) is 25.3 Å². The maximum absolute atomic E-state index is 13.9. The highest BCUT2D eigenvalue weighted by Gasteiger charge is 2.40. The van der Waals surface area contributed by atoms with E-state index in [4.69, 9.17) is 5.73 Å². The zero-order valence-corrected chi connectivity index (χ0v) is 11.9. The van der Waals surface area contributed by atoms with Crippen LogP contribution < -0.4 is 5.73 Å². The van der Waals surface area contributed by atoms with Crippen molar-refractivity contribution in [1.82, 2.24) is 0 Å². The Morgan fingerprint density at radius 2 is 2.16 bits per heavy atom. The van der Waals surface area contributed by atoms with Gasteiger partial charge in [0.2, 0.25) is 0 Å². The van der Waals surface area contributed by atoms with Gasteiger partial charge in [-0.15, -0.1) is 0 Å². The van der Waals surface area contributed by atoms with E-state index in [9.17, 15) is 14.3 Å². The highest BCUT2D eigenvalue weighted by atomic mass is 32.2. The molecule has 0 heterocycles. The SMILES string of the molecule is CCSCCCC(CN)(C(=O)O)c1ccccc1F. The van der Waals surface area contributed by atoms with Gasteiger partial charge in [0, 0.05) is 12.1 Å². The molecule has 3 N–H and O–H groups in total. The fourth-order valence-electron chi connectivity index (χ4n) is 2.13. The van der Waals surface area contributed by atoms with Crippen molar-refractivity contribution < 1.29 is 14.3 Å². The standard InChI is InChI=1S/C14H20FNO2S/c1-2-19-9-5-8-14(10-16,13(17)18)11-6-3-4-7-12(11)15/h3-4,6-7H,2,5,8-10,16H2,1H3,(H,17,18). The summed E-state index contributed by atoms with van der Waals surface area (Å²) in [5.74, 6) is 0.294. The van der Waals surface area contributed by atoms with Gasteiger partial charge in [0.15, 0.2) is 0 Å². The molecule has 1 rings (SSSR count). The van der Waals surface area contributed by atoms with Gasteiger partial charge in [0.25, 0.3) is 0 Å². The molecule has 0 aromatic heterocycles. The molecule has 0 amide bonds. The number of carbonyl (C=O) groups is 1. The summed E-state index contributed by atoms with van der Waals surface area (Å²) in [5, 5.41) is 9.50. The van der Waals surface area contributed by atoms with Crippen LogP contribution in [0.3, 0.4) is 0 Å². The Hall–Kier alpha value is -1.07. The van der Waals surface area contributed by atoms with Crippen molar-refractivity contribution in [3.05, 3.63) is 35.6 Å². The minimum Gasteiger partial charge on any atom is -0.481 e. The molecule has 0 bridgehead atoms. The van der Waals surface area contributed by atoms with E-state index in [1.54, 1.807) is 23.9 Å². The molecule has 1 aromatic rings. The van der Waals surface area contributed by atoms with Crippen LogP contribution in [0.25, 0.3) is 0 Å². The monoisotopic (exact) mass is 285 g/mol. The number of thioether (sulfide) groups is 1. The van der Waals surface area contributed by atoms with Crippen molar-refractivity contribution in [2.45, 2.75) is 25.2 Å². The molecule has 0 saturated carbocycles. The zero-order chi connectivity index (χ0) is 14.3. The Bertz CT molecular complexity index is 428. The van der Waals surface area contributed by atoms with Crippen LogP contribution in [-0.2, 0) is 10.2 Å². The van der Waals surface area contributed by atoms with E-state index >= 15 is 0 Å². The normalized spacial score (nSPS) is 14.1. The molecule has 0 aliphatic carbocycles. The van der Waals surface area contributed by atoms with Crippen LogP contribution >= 0.6 is 11.8 Å². The molecule has 1 unspecified atom stereocenters. The molecule has 0 spiro atoms. The van der Waals surface area contributed by atoms with Crippen LogP contribution in [0.15, 0.2) is 24.3 Å². The zero-order valence-electron chi connectivity index (χ0n) is 11.1. The van der Waals surface area contributed by atoms with Crippen LogP contribution in [0.2, 0.25) is 0 Å². The van der Waals surface area contributed by atoms with E-state index in [1.807, 2.05) is 0 Å². The lowest BCUT2D eigenvalue weighted by atomic mass is 9.76. The topological polar surface area (TPSA) is 63.3 Å². The van der Waals surface area contributed by atoms with Crippen molar-refractivity contribution in [3.63, 3.8) is 0 Å². The smallest absolute Gasteiger partial charge is 0.315 e. The Labute approximate surface area is 117 Å². The van der Waals surface area contributed by atoms with Gasteiger partial charge in [-0.1, -0.05) is 25.1 Å². The molecule has 0 aliphatic rings. The second-order valence-electron chi connectivity index (χ2n) is 4.37. The molecule has 0 fully saturated rings. The fourth-order valence-corrected chi connectivity index (χ4v) is 2.76. The number of benzene rings is 1. The van der Waals surface area contributed by atoms with Crippen LogP contribution in [0.4, 0.5) is 4.39 Å². The van der Waals surface area contributed by atoms with Gasteiger partial charge in [-0.2, -0.15) is 11.8 Å². The molecule has 0 radical (unpaired) electrons. The predicted octanol–water partition coefficient (Wildman–Crippen LogP) is 2.64. The molecular formula is C14H20FNO2S. The van der Waals surface area contributed by atoms with Crippen LogP contribution in [0.5, 0.6) is 0 Å². The molecular weight excluding hydrogens is 265 g/mol. The fraction of sp³-hybridized carbons (Fsp3) is 0.500. The molecule has 1 aromatic carbocycles. The summed E-state index contributed by atoms with van der Waals surface area (Å²) in [6, 6.07) is 5.99. The lowest BCUT2D eigenvalue weighted by Gasteiger charge is -2.28. The predicted molar refractivity (Wildman–Crippen MR) is 77.0 cm³/mol. The first kappa shape index (κ1) is 16.0. The number of halogens is 1. The highest BCUT2D eigenvalue weighted by molar-refractivity contribution is 7.99. The largest absolute Gasteiger partial charge is 0.481 e. The molecule has 19 heavy (non-hydrogen) atoms. The summed E-state index contributed by atoms with van der Waals surface area (Å²) in [4.78, 5) is 11.6. The average molecular weight is 285 g/mol. The van der Waals surface area contributed by atoms with Crippen molar-refractivity contribution >= 4 is 17.7 Å². The molecule has 5 heteroatoms. The third-order valence-electron chi connectivity index (χ3n) is 3.24. The van der Waals surface area contributed by atoms with Gasteiger partial charge < -0.3 is 10.8 Å². The number of hydrogen-bond acceptors (Lipinski definition) is 3. The van der Waals surface area contributed by atoms with E-state index in [2.05, 4.69) is 6.92 Å². The number of rotatable bonds is 8. The number of carboxylic acid groups (broad SMARTS) is 1. The minimum atomic E-state index is -1.32. The lowest BCUT2D eigenvalue weighted by Crippen LogP contribution is -2.43. The second-order valence-corrected chi connectivity index (χ2v) is 5.77. The number of hydrogen-bond donors (Lipinski definition) is 2. The first-order chi connectivity index (χ1) is 9.08. The second kappa shape index (κ2) is 7.50. The summed E-state index contributed by atoms with van der Waals surface area (Å²) >= 11 is 1.74. The molecule has 106 valence electrons. The van der Waals surface area contributed by atoms with Gasteiger partial charge in [0.05, 0.1) is 0 Å². The van der Waals surface area contributed by atoms with Crippen molar-refractivity contribution in [2.24, 2.45) is 5.73 Å². The molecule has 0 saturated heterocycles. The number of carboxylic acids is 1.